The summed E-state index contributed by atoms with van der Waals surface area (Å²) in [6.45, 7) is 0.934. The quantitative estimate of drug-likeness (QED) is 0.860. The number of nitrogens with one attached hydrogen (secondary N) is 2. The van der Waals surface area contributed by atoms with Crippen molar-refractivity contribution in [1.29, 1.82) is 0 Å². The van der Waals surface area contributed by atoms with Crippen LogP contribution in [0.3, 0.4) is 0 Å². The van der Waals surface area contributed by atoms with Gasteiger partial charge in [-0.1, -0.05) is 40.9 Å². The van der Waals surface area contributed by atoms with E-state index in [9.17, 15) is 4.79 Å². The third-order valence-corrected chi connectivity index (χ3v) is 4.44. The number of halogens is 1. The van der Waals surface area contributed by atoms with Crippen molar-refractivity contribution < 1.29 is 4.79 Å². The van der Waals surface area contributed by atoms with Crippen LogP contribution in [0.15, 0.2) is 40.9 Å². The summed E-state index contributed by atoms with van der Waals surface area (Å²) in [4.78, 5) is 12.3. The minimum absolute atomic E-state index is 0.0619. The highest BCUT2D eigenvalue weighted by atomic mass is 79.9. The highest BCUT2D eigenvalue weighted by molar-refractivity contribution is 9.10. The van der Waals surface area contributed by atoms with Crippen LogP contribution in [0.5, 0.6) is 0 Å². The van der Waals surface area contributed by atoms with E-state index in [0.717, 1.165) is 46.7 Å². The number of anilines is 1. The van der Waals surface area contributed by atoms with Crippen LogP contribution in [-0.2, 0) is 4.79 Å². The van der Waals surface area contributed by atoms with Gasteiger partial charge in [0.1, 0.15) is 0 Å². The summed E-state index contributed by atoms with van der Waals surface area (Å²) < 4.78 is 1.06. The minimum atomic E-state index is -0.0619. The number of carbonyl (C=O) groups is 1. The molecule has 0 radical (unpaired) electrons. The van der Waals surface area contributed by atoms with E-state index in [1.807, 2.05) is 24.3 Å². The van der Waals surface area contributed by atoms with Gasteiger partial charge in [0.25, 0.3) is 0 Å². The Balaban J connectivity index is 1.74. The van der Waals surface area contributed by atoms with Gasteiger partial charge in [-0.2, -0.15) is 0 Å². The number of hydrogen-bond acceptors (Lipinski definition) is 2. The lowest BCUT2D eigenvalue weighted by atomic mass is 10.1. The normalized spacial score (nSPS) is 19.2. The fourth-order valence-corrected chi connectivity index (χ4v) is 3.15. The fourth-order valence-electron chi connectivity index (χ4n) is 2.78. The van der Waals surface area contributed by atoms with Crippen LogP contribution in [0, 0.1) is 0 Å². The second-order valence-electron chi connectivity index (χ2n) is 5.55. The van der Waals surface area contributed by atoms with E-state index in [1.54, 1.807) is 0 Å². The van der Waals surface area contributed by atoms with E-state index in [-0.39, 0.29) is 11.9 Å². The lowest BCUT2D eigenvalue weighted by molar-refractivity contribution is -0.118. The number of hydrogen-bond donors (Lipinski definition) is 2. The summed E-state index contributed by atoms with van der Waals surface area (Å²) in [5.74, 6) is 0.0772. The number of rotatable bonds is 2. The largest absolute Gasteiger partial charge is 0.325 e. The van der Waals surface area contributed by atoms with E-state index in [2.05, 4.69) is 38.7 Å². The van der Waals surface area contributed by atoms with Crippen LogP contribution >= 0.6 is 15.9 Å². The van der Waals surface area contributed by atoms with Crippen molar-refractivity contribution in [1.82, 2.24) is 5.32 Å². The molecular formula is C17H19BrN2O. The Bertz CT molecular complexity index is 648. The Labute approximate surface area is 133 Å². The molecule has 1 fully saturated rings. The molecule has 0 aromatic heterocycles. The van der Waals surface area contributed by atoms with E-state index in [1.165, 1.54) is 6.42 Å². The molecule has 0 aliphatic carbocycles. The van der Waals surface area contributed by atoms with Crippen molar-refractivity contribution in [2.45, 2.75) is 31.7 Å². The average molecular weight is 347 g/mol. The molecule has 1 aliphatic rings. The molecule has 2 N–H and O–H groups in total. The van der Waals surface area contributed by atoms with Gasteiger partial charge in [-0.05, 0) is 54.4 Å². The molecule has 1 saturated heterocycles. The summed E-state index contributed by atoms with van der Waals surface area (Å²) >= 11 is 3.47. The fraction of sp³-hybridized carbons (Fsp3) is 0.353. The predicted octanol–water partition coefficient (Wildman–Crippen LogP) is 4.07. The lowest BCUT2D eigenvalue weighted by Gasteiger charge is -2.15. The summed E-state index contributed by atoms with van der Waals surface area (Å²) in [7, 11) is 0. The molecule has 0 saturated carbocycles. The number of fused-ring (bicyclic) bond motifs is 1. The highest BCUT2D eigenvalue weighted by Crippen LogP contribution is 2.23. The van der Waals surface area contributed by atoms with E-state index >= 15 is 0 Å². The molecule has 3 nitrogen and oxygen atoms in total. The first kappa shape index (κ1) is 14.5. The van der Waals surface area contributed by atoms with E-state index < -0.39 is 0 Å². The highest BCUT2D eigenvalue weighted by Gasteiger charge is 2.19. The zero-order valence-corrected chi connectivity index (χ0v) is 13.4. The Hall–Kier alpha value is -1.39. The maximum Gasteiger partial charge on any atom is 0.241 e. The molecule has 1 aliphatic heterocycles. The Kier molecular flexibility index (Phi) is 4.56. The van der Waals surface area contributed by atoms with Gasteiger partial charge in [0.15, 0.2) is 0 Å². The molecule has 0 bridgehead atoms. The first-order chi connectivity index (χ1) is 10.2. The van der Waals surface area contributed by atoms with Crippen LogP contribution in [0.4, 0.5) is 5.69 Å². The number of carbonyl (C=O) groups excluding carboxylic acids is 1. The van der Waals surface area contributed by atoms with Crippen molar-refractivity contribution in [2.24, 2.45) is 0 Å². The molecule has 110 valence electrons. The van der Waals surface area contributed by atoms with Gasteiger partial charge >= 0.3 is 0 Å². The summed E-state index contributed by atoms with van der Waals surface area (Å²) in [5, 5.41) is 8.65. The van der Waals surface area contributed by atoms with Gasteiger partial charge in [-0.15, -0.1) is 0 Å². The van der Waals surface area contributed by atoms with Gasteiger partial charge < -0.3 is 10.6 Å². The minimum Gasteiger partial charge on any atom is -0.325 e. The van der Waals surface area contributed by atoms with Crippen molar-refractivity contribution in [2.75, 3.05) is 11.9 Å². The monoisotopic (exact) mass is 346 g/mol. The van der Waals surface area contributed by atoms with Crippen molar-refractivity contribution >= 4 is 38.3 Å². The van der Waals surface area contributed by atoms with Gasteiger partial charge in [0.05, 0.1) is 6.04 Å². The maximum absolute atomic E-state index is 12.3. The van der Waals surface area contributed by atoms with Crippen LogP contribution < -0.4 is 10.6 Å². The lowest BCUT2D eigenvalue weighted by Crippen LogP contribution is -2.39. The van der Waals surface area contributed by atoms with Crippen molar-refractivity contribution in [3.63, 3.8) is 0 Å². The number of amides is 1. The van der Waals surface area contributed by atoms with E-state index in [4.69, 9.17) is 0 Å². The molecule has 1 atom stereocenters. The van der Waals surface area contributed by atoms with Gasteiger partial charge in [0, 0.05) is 10.2 Å². The molecule has 21 heavy (non-hydrogen) atoms. The topological polar surface area (TPSA) is 41.1 Å². The van der Waals surface area contributed by atoms with Gasteiger partial charge in [-0.25, -0.2) is 0 Å². The Morgan fingerprint density at radius 1 is 1.10 bits per heavy atom. The van der Waals surface area contributed by atoms with Crippen molar-refractivity contribution in [3.8, 4) is 0 Å². The van der Waals surface area contributed by atoms with Crippen LogP contribution in [0.1, 0.15) is 25.7 Å². The third-order valence-electron chi connectivity index (χ3n) is 3.95. The smallest absolute Gasteiger partial charge is 0.241 e. The predicted molar refractivity (Wildman–Crippen MR) is 90.5 cm³/mol. The van der Waals surface area contributed by atoms with Crippen LogP contribution in [0.25, 0.3) is 10.8 Å². The molecule has 0 spiro atoms. The van der Waals surface area contributed by atoms with Crippen LogP contribution in [0.2, 0.25) is 0 Å². The molecule has 4 heteroatoms. The Morgan fingerprint density at radius 3 is 2.81 bits per heavy atom. The summed E-state index contributed by atoms with van der Waals surface area (Å²) in [5.41, 5.74) is 0.862. The Morgan fingerprint density at radius 2 is 1.90 bits per heavy atom. The van der Waals surface area contributed by atoms with Crippen molar-refractivity contribution in [3.05, 3.63) is 40.9 Å². The number of benzene rings is 2. The van der Waals surface area contributed by atoms with E-state index in [0.29, 0.717) is 0 Å². The zero-order valence-electron chi connectivity index (χ0n) is 11.9. The van der Waals surface area contributed by atoms with Gasteiger partial charge in [0.2, 0.25) is 5.91 Å². The SMILES string of the molecule is O=C(Nc1ccc2cc(Br)ccc2c1)C1CCCCCN1. The second kappa shape index (κ2) is 6.58. The standard InChI is InChI=1S/C17H19BrN2O/c18-14-7-5-13-11-15(8-6-12(13)10-14)20-17(21)16-4-2-1-3-9-19-16/h5-8,10-11,16,19H,1-4,9H2,(H,20,21). The molecule has 1 amide bonds. The van der Waals surface area contributed by atoms with Crippen LogP contribution in [-0.4, -0.2) is 18.5 Å². The first-order valence-corrected chi connectivity index (χ1v) is 8.25. The van der Waals surface area contributed by atoms with Gasteiger partial charge in [-0.3, -0.25) is 4.79 Å². The average Bonchev–Trinajstić information content (AvgIpc) is 2.76. The third kappa shape index (κ3) is 3.63. The summed E-state index contributed by atoms with van der Waals surface area (Å²) in [6.07, 6.45) is 4.42. The second-order valence-corrected chi connectivity index (χ2v) is 6.47. The molecular weight excluding hydrogens is 328 g/mol. The molecule has 2 aromatic carbocycles. The molecule has 1 unspecified atom stereocenters. The first-order valence-electron chi connectivity index (χ1n) is 7.46. The molecule has 1 heterocycles. The molecule has 2 aromatic rings. The molecule has 3 rings (SSSR count). The maximum atomic E-state index is 12.3. The zero-order chi connectivity index (χ0) is 14.7. The summed E-state index contributed by atoms with van der Waals surface area (Å²) in [6, 6.07) is 12.1.